The van der Waals surface area contributed by atoms with Crippen LogP contribution in [0.4, 0.5) is 0 Å². The number of nitrogens with zero attached hydrogens (tertiary/aromatic N) is 1. The smallest absolute Gasteiger partial charge is 0.305 e. The van der Waals surface area contributed by atoms with Crippen LogP contribution in [0.15, 0.2) is 11.6 Å². The van der Waals surface area contributed by atoms with Crippen molar-refractivity contribution in [1.82, 2.24) is 4.31 Å². The van der Waals surface area contributed by atoms with Crippen LogP contribution < -0.4 is 0 Å². The Morgan fingerprint density at radius 2 is 2.24 bits per heavy atom. The minimum atomic E-state index is -3.24. The topological polar surface area (TPSA) is 63.7 Å². The van der Waals surface area contributed by atoms with Crippen LogP contribution in [0.1, 0.15) is 26.2 Å². The van der Waals surface area contributed by atoms with Gasteiger partial charge >= 0.3 is 5.97 Å². The van der Waals surface area contributed by atoms with Gasteiger partial charge in [0.05, 0.1) is 12.9 Å². The van der Waals surface area contributed by atoms with E-state index in [1.807, 2.05) is 6.92 Å². The number of ether oxygens (including phenoxy) is 1. The fourth-order valence-electron chi connectivity index (χ4n) is 1.74. The second-order valence-corrected chi connectivity index (χ2v) is 6.26. The van der Waals surface area contributed by atoms with Crippen LogP contribution in [-0.4, -0.2) is 44.6 Å². The molecule has 0 fully saturated rings. The molecule has 5 nitrogen and oxygen atoms in total. The lowest BCUT2D eigenvalue weighted by molar-refractivity contribution is -0.140. The normalized spacial score (nSPS) is 17.6. The van der Waals surface area contributed by atoms with Crippen LogP contribution in [0.25, 0.3) is 0 Å². The van der Waals surface area contributed by atoms with E-state index >= 15 is 0 Å². The number of carbonyl (C=O) groups is 1. The van der Waals surface area contributed by atoms with Gasteiger partial charge in [0.15, 0.2) is 0 Å². The van der Waals surface area contributed by atoms with Crippen LogP contribution in [0, 0.1) is 0 Å². The van der Waals surface area contributed by atoms with Gasteiger partial charge in [-0.1, -0.05) is 11.6 Å². The highest BCUT2D eigenvalue weighted by molar-refractivity contribution is 7.89. The molecule has 0 spiro atoms. The Balaban J connectivity index is 2.46. The zero-order valence-electron chi connectivity index (χ0n) is 10.3. The van der Waals surface area contributed by atoms with Crippen LogP contribution in [0.5, 0.6) is 0 Å². The molecule has 1 rings (SSSR count). The number of hydrogen-bond acceptors (Lipinski definition) is 4. The van der Waals surface area contributed by atoms with Gasteiger partial charge in [0.25, 0.3) is 0 Å². The lowest BCUT2D eigenvalue weighted by Crippen LogP contribution is -2.37. The van der Waals surface area contributed by atoms with Crippen molar-refractivity contribution >= 4 is 16.0 Å². The Morgan fingerprint density at radius 1 is 1.53 bits per heavy atom. The van der Waals surface area contributed by atoms with E-state index in [1.165, 1.54) is 11.4 Å². The van der Waals surface area contributed by atoms with Crippen molar-refractivity contribution in [3.63, 3.8) is 0 Å². The number of carbonyl (C=O) groups excluding carboxylic acids is 1. The molecule has 0 N–H and O–H groups in total. The third-order valence-electron chi connectivity index (χ3n) is 2.70. The molecule has 1 aliphatic heterocycles. The SMILES string of the molecule is COC(=O)CCCS(=O)(=O)N1CCC=C(C)C1. The summed E-state index contributed by atoms with van der Waals surface area (Å²) < 4.78 is 29.9. The number of rotatable bonds is 5. The average molecular weight is 261 g/mol. The van der Waals surface area contributed by atoms with Crippen LogP contribution in [-0.2, 0) is 19.6 Å². The molecule has 0 saturated carbocycles. The molecule has 0 aromatic heterocycles. The predicted molar refractivity (Wildman–Crippen MR) is 65.0 cm³/mol. The van der Waals surface area contributed by atoms with E-state index in [-0.39, 0.29) is 18.1 Å². The first kappa shape index (κ1) is 14.2. The largest absolute Gasteiger partial charge is 0.469 e. The summed E-state index contributed by atoms with van der Waals surface area (Å²) in [6, 6.07) is 0. The molecule has 17 heavy (non-hydrogen) atoms. The molecular formula is C11H19NO4S. The standard InChI is InChI=1S/C11H19NO4S/c1-10-5-3-7-12(9-10)17(14,15)8-4-6-11(13)16-2/h5H,3-4,6-9H2,1-2H3. The van der Waals surface area contributed by atoms with Crippen molar-refractivity contribution < 1.29 is 17.9 Å². The fourth-order valence-corrected chi connectivity index (χ4v) is 3.30. The summed E-state index contributed by atoms with van der Waals surface area (Å²) >= 11 is 0. The van der Waals surface area contributed by atoms with Crippen molar-refractivity contribution in [3.05, 3.63) is 11.6 Å². The van der Waals surface area contributed by atoms with Gasteiger partial charge in [0.2, 0.25) is 10.0 Å². The first-order chi connectivity index (χ1) is 7.95. The van der Waals surface area contributed by atoms with E-state index in [0.717, 1.165) is 12.0 Å². The Bertz CT molecular complexity index is 400. The molecule has 0 bridgehead atoms. The molecular weight excluding hydrogens is 242 g/mol. The van der Waals surface area contributed by atoms with Crippen molar-refractivity contribution in [2.24, 2.45) is 0 Å². The molecule has 0 unspecified atom stereocenters. The van der Waals surface area contributed by atoms with Gasteiger partial charge in [-0.3, -0.25) is 4.79 Å². The third-order valence-corrected chi connectivity index (χ3v) is 4.60. The number of methoxy groups -OCH3 is 1. The van der Waals surface area contributed by atoms with Gasteiger partial charge in [0.1, 0.15) is 0 Å². The Kier molecular flexibility index (Phi) is 5.14. The van der Waals surface area contributed by atoms with E-state index in [9.17, 15) is 13.2 Å². The maximum Gasteiger partial charge on any atom is 0.305 e. The van der Waals surface area contributed by atoms with Gasteiger partial charge in [-0.2, -0.15) is 4.31 Å². The maximum atomic E-state index is 11.9. The van der Waals surface area contributed by atoms with Crippen molar-refractivity contribution in [2.75, 3.05) is 26.0 Å². The molecule has 0 aromatic carbocycles. The summed E-state index contributed by atoms with van der Waals surface area (Å²) in [6.45, 7) is 2.94. The first-order valence-electron chi connectivity index (χ1n) is 5.66. The van der Waals surface area contributed by atoms with Gasteiger partial charge in [0, 0.05) is 19.5 Å². The summed E-state index contributed by atoms with van der Waals surface area (Å²) in [5, 5.41) is 0. The quantitative estimate of drug-likeness (QED) is 0.545. The predicted octanol–water partition coefficient (Wildman–Crippen LogP) is 0.921. The van der Waals surface area contributed by atoms with Crippen molar-refractivity contribution in [3.8, 4) is 0 Å². The molecule has 0 aliphatic carbocycles. The molecule has 0 radical (unpaired) electrons. The minimum Gasteiger partial charge on any atom is -0.469 e. The monoisotopic (exact) mass is 261 g/mol. The van der Waals surface area contributed by atoms with E-state index in [4.69, 9.17) is 0 Å². The summed E-state index contributed by atoms with van der Waals surface area (Å²) in [4.78, 5) is 10.9. The Morgan fingerprint density at radius 3 is 2.82 bits per heavy atom. The zero-order valence-corrected chi connectivity index (χ0v) is 11.1. The van der Waals surface area contributed by atoms with E-state index < -0.39 is 10.0 Å². The third kappa shape index (κ3) is 4.47. The highest BCUT2D eigenvalue weighted by atomic mass is 32.2. The number of esters is 1. The summed E-state index contributed by atoms with van der Waals surface area (Å²) in [5.41, 5.74) is 1.08. The van der Waals surface area contributed by atoms with Crippen LogP contribution in [0.3, 0.4) is 0 Å². The van der Waals surface area contributed by atoms with E-state index in [1.54, 1.807) is 0 Å². The van der Waals surface area contributed by atoms with Gasteiger partial charge < -0.3 is 4.74 Å². The van der Waals surface area contributed by atoms with Crippen LogP contribution >= 0.6 is 0 Å². The lowest BCUT2D eigenvalue weighted by atomic mass is 10.2. The highest BCUT2D eigenvalue weighted by Gasteiger charge is 2.23. The number of sulfonamides is 1. The van der Waals surface area contributed by atoms with Gasteiger partial charge in [-0.05, 0) is 19.8 Å². The average Bonchev–Trinajstić information content (AvgIpc) is 2.28. The Labute approximate surface area is 102 Å². The summed E-state index contributed by atoms with van der Waals surface area (Å²) in [5.74, 6) is -0.357. The van der Waals surface area contributed by atoms with Gasteiger partial charge in [-0.15, -0.1) is 0 Å². The highest BCUT2D eigenvalue weighted by Crippen LogP contribution is 2.14. The molecule has 0 amide bonds. The van der Waals surface area contributed by atoms with E-state index in [0.29, 0.717) is 19.5 Å². The summed E-state index contributed by atoms with van der Waals surface area (Å²) in [7, 11) is -1.93. The molecule has 0 saturated heterocycles. The van der Waals surface area contributed by atoms with E-state index in [2.05, 4.69) is 10.8 Å². The molecule has 0 aromatic rings. The molecule has 1 aliphatic rings. The van der Waals surface area contributed by atoms with Crippen LogP contribution in [0.2, 0.25) is 0 Å². The molecule has 0 atom stereocenters. The Hall–Kier alpha value is -0.880. The summed E-state index contributed by atoms with van der Waals surface area (Å²) in [6.07, 6.45) is 3.29. The molecule has 1 heterocycles. The molecule has 98 valence electrons. The maximum absolute atomic E-state index is 11.9. The minimum absolute atomic E-state index is 0.00931. The fraction of sp³-hybridized carbons (Fsp3) is 0.727. The first-order valence-corrected chi connectivity index (χ1v) is 7.27. The van der Waals surface area contributed by atoms with Gasteiger partial charge in [-0.25, -0.2) is 8.42 Å². The zero-order chi connectivity index (χ0) is 12.9. The number of hydrogen-bond donors (Lipinski definition) is 0. The second kappa shape index (κ2) is 6.16. The van der Waals surface area contributed by atoms with Crippen molar-refractivity contribution in [2.45, 2.75) is 26.2 Å². The van der Waals surface area contributed by atoms with Crippen molar-refractivity contribution in [1.29, 1.82) is 0 Å². The lowest BCUT2D eigenvalue weighted by Gasteiger charge is -2.25. The molecule has 6 heteroatoms. The second-order valence-electron chi connectivity index (χ2n) is 4.17.